The van der Waals surface area contributed by atoms with Crippen LogP contribution in [-0.2, 0) is 0 Å². The van der Waals surface area contributed by atoms with Gasteiger partial charge in [0, 0.05) is 19.1 Å². The SMILES string of the molecule is SN1CCCC2CNCC21. The van der Waals surface area contributed by atoms with Crippen molar-refractivity contribution in [3.05, 3.63) is 0 Å². The topological polar surface area (TPSA) is 15.3 Å². The van der Waals surface area contributed by atoms with E-state index in [2.05, 4.69) is 22.4 Å². The van der Waals surface area contributed by atoms with Crippen LogP contribution in [0.5, 0.6) is 0 Å². The fourth-order valence-corrected chi connectivity index (χ4v) is 2.46. The quantitative estimate of drug-likeness (QED) is 0.500. The van der Waals surface area contributed by atoms with Gasteiger partial charge < -0.3 is 5.32 Å². The van der Waals surface area contributed by atoms with Crippen LogP contribution in [0.3, 0.4) is 0 Å². The summed E-state index contributed by atoms with van der Waals surface area (Å²) in [5, 5.41) is 3.40. The monoisotopic (exact) mass is 158 g/mol. The number of piperidine rings is 1. The van der Waals surface area contributed by atoms with Crippen molar-refractivity contribution in [1.82, 2.24) is 9.62 Å². The summed E-state index contributed by atoms with van der Waals surface area (Å²) in [5.74, 6) is 0.881. The summed E-state index contributed by atoms with van der Waals surface area (Å²) in [6.45, 7) is 3.53. The van der Waals surface area contributed by atoms with E-state index >= 15 is 0 Å². The molecule has 3 heteroatoms. The molecule has 0 bridgehead atoms. The van der Waals surface area contributed by atoms with Crippen LogP contribution in [0, 0.1) is 5.92 Å². The molecule has 0 aromatic heterocycles. The highest BCUT2D eigenvalue weighted by Crippen LogP contribution is 2.26. The molecular weight excluding hydrogens is 144 g/mol. The van der Waals surface area contributed by atoms with Gasteiger partial charge in [-0.3, -0.25) is 0 Å². The van der Waals surface area contributed by atoms with Crippen molar-refractivity contribution in [2.75, 3.05) is 19.6 Å². The van der Waals surface area contributed by atoms with Gasteiger partial charge in [0.05, 0.1) is 0 Å². The van der Waals surface area contributed by atoms with E-state index in [4.69, 9.17) is 0 Å². The third kappa shape index (κ3) is 1.06. The summed E-state index contributed by atoms with van der Waals surface area (Å²) >= 11 is 4.43. The summed E-state index contributed by atoms with van der Waals surface area (Å²) in [7, 11) is 0. The molecule has 2 heterocycles. The molecule has 0 spiro atoms. The van der Waals surface area contributed by atoms with Crippen molar-refractivity contribution in [1.29, 1.82) is 0 Å². The van der Waals surface area contributed by atoms with Gasteiger partial charge in [-0.1, -0.05) is 12.8 Å². The Hall–Kier alpha value is 0.270. The minimum absolute atomic E-state index is 0.720. The van der Waals surface area contributed by atoms with Crippen molar-refractivity contribution in [2.24, 2.45) is 5.92 Å². The van der Waals surface area contributed by atoms with Crippen LogP contribution in [0.2, 0.25) is 0 Å². The Balaban J connectivity index is 2.03. The first-order valence-electron chi connectivity index (χ1n) is 4.04. The highest BCUT2D eigenvalue weighted by Gasteiger charge is 2.33. The zero-order valence-electron chi connectivity index (χ0n) is 6.08. The zero-order chi connectivity index (χ0) is 6.97. The average Bonchev–Trinajstić information content (AvgIpc) is 2.36. The van der Waals surface area contributed by atoms with Crippen LogP contribution in [0.1, 0.15) is 12.8 Å². The molecule has 0 aromatic carbocycles. The number of rotatable bonds is 0. The molecule has 2 rings (SSSR count). The highest BCUT2D eigenvalue weighted by molar-refractivity contribution is 7.77. The first-order chi connectivity index (χ1) is 4.88. The van der Waals surface area contributed by atoms with Gasteiger partial charge in [-0.25, -0.2) is 4.31 Å². The number of nitrogens with one attached hydrogen (secondary N) is 1. The second-order valence-corrected chi connectivity index (χ2v) is 3.80. The average molecular weight is 158 g/mol. The maximum Gasteiger partial charge on any atom is 0.0365 e. The molecule has 2 nitrogen and oxygen atoms in total. The Morgan fingerprint density at radius 3 is 3.10 bits per heavy atom. The molecular formula is C7H14N2S. The van der Waals surface area contributed by atoms with Crippen molar-refractivity contribution < 1.29 is 0 Å². The molecule has 2 fully saturated rings. The molecule has 1 N–H and O–H groups in total. The summed E-state index contributed by atoms with van der Waals surface area (Å²) < 4.78 is 2.20. The minimum Gasteiger partial charge on any atom is -0.315 e. The largest absolute Gasteiger partial charge is 0.315 e. The normalized spacial score (nSPS) is 41.7. The molecule has 2 aliphatic heterocycles. The Labute approximate surface area is 67.5 Å². The molecule has 2 aliphatic rings. The number of hydrogen-bond donors (Lipinski definition) is 2. The Kier molecular flexibility index (Phi) is 1.89. The molecule has 2 unspecified atom stereocenters. The van der Waals surface area contributed by atoms with Crippen LogP contribution in [0.4, 0.5) is 0 Å². The van der Waals surface area contributed by atoms with E-state index in [1.54, 1.807) is 0 Å². The molecule has 0 aromatic rings. The van der Waals surface area contributed by atoms with E-state index in [0.29, 0.717) is 0 Å². The molecule has 0 aliphatic carbocycles. The number of nitrogens with zero attached hydrogens (tertiary/aromatic N) is 1. The van der Waals surface area contributed by atoms with Gasteiger partial charge in [0.15, 0.2) is 0 Å². The van der Waals surface area contributed by atoms with E-state index in [-0.39, 0.29) is 0 Å². The van der Waals surface area contributed by atoms with Crippen LogP contribution in [0.15, 0.2) is 0 Å². The van der Waals surface area contributed by atoms with Crippen LogP contribution < -0.4 is 5.32 Å². The number of hydrogen-bond acceptors (Lipinski definition) is 3. The van der Waals surface area contributed by atoms with Gasteiger partial charge in [-0.05, 0) is 25.3 Å². The van der Waals surface area contributed by atoms with Crippen LogP contribution >= 0.6 is 12.8 Å². The molecule has 2 atom stereocenters. The van der Waals surface area contributed by atoms with Gasteiger partial charge in [0.1, 0.15) is 0 Å². The van der Waals surface area contributed by atoms with Crippen molar-refractivity contribution >= 4 is 12.8 Å². The van der Waals surface area contributed by atoms with Crippen molar-refractivity contribution in [2.45, 2.75) is 18.9 Å². The van der Waals surface area contributed by atoms with Crippen molar-refractivity contribution in [3.8, 4) is 0 Å². The second kappa shape index (κ2) is 2.72. The van der Waals surface area contributed by atoms with Crippen LogP contribution in [-0.4, -0.2) is 30.0 Å². The molecule has 0 amide bonds. The lowest BCUT2D eigenvalue weighted by atomic mass is 9.94. The maximum atomic E-state index is 4.43. The summed E-state index contributed by atoms with van der Waals surface area (Å²) in [4.78, 5) is 0. The molecule has 2 saturated heterocycles. The summed E-state index contributed by atoms with van der Waals surface area (Å²) in [6.07, 6.45) is 2.72. The third-order valence-corrected chi connectivity index (χ3v) is 3.15. The first-order valence-corrected chi connectivity index (χ1v) is 4.44. The second-order valence-electron chi connectivity index (χ2n) is 3.29. The predicted molar refractivity (Wildman–Crippen MR) is 45.1 cm³/mol. The van der Waals surface area contributed by atoms with Crippen LogP contribution in [0.25, 0.3) is 0 Å². The lowest BCUT2D eigenvalue weighted by molar-refractivity contribution is 0.237. The molecule has 0 radical (unpaired) electrons. The minimum atomic E-state index is 0.720. The molecule has 0 saturated carbocycles. The van der Waals surface area contributed by atoms with E-state index in [1.807, 2.05) is 0 Å². The fourth-order valence-electron chi connectivity index (χ4n) is 2.04. The lowest BCUT2D eigenvalue weighted by Crippen LogP contribution is -2.38. The smallest absolute Gasteiger partial charge is 0.0365 e. The summed E-state index contributed by atoms with van der Waals surface area (Å²) in [5.41, 5.74) is 0. The van der Waals surface area contributed by atoms with E-state index in [0.717, 1.165) is 18.5 Å². The first kappa shape index (κ1) is 6.95. The summed E-state index contributed by atoms with van der Waals surface area (Å²) in [6, 6.07) is 0.720. The lowest BCUT2D eigenvalue weighted by Gasteiger charge is -2.32. The fraction of sp³-hybridized carbons (Fsp3) is 1.00. The standard InChI is InChI=1S/C7H14N2S/c10-9-3-1-2-6-4-8-5-7(6)9/h6-8,10H,1-5H2. The van der Waals surface area contributed by atoms with E-state index in [9.17, 15) is 0 Å². The van der Waals surface area contributed by atoms with E-state index in [1.165, 1.54) is 25.9 Å². The Bertz CT molecular complexity index is 129. The predicted octanol–water partition coefficient (Wildman–Crippen LogP) is 0.515. The Morgan fingerprint density at radius 2 is 2.30 bits per heavy atom. The Morgan fingerprint density at radius 1 is 1.40 bits per heavy atom. The van der Waals surface area contributed by atoms with Gasteiger partial charge >= 0.3 is 0 Å². The maximum absolute atomic E-state index is 4.43. The number of fused-ring (bicyclic) bond motifs is 1. The van der Waals surface area contributed by atoms with Gasteiger partial charge in [0.25, 0.3) is 0 Å². The van der Waals surface area contributed by atoms with E-state index < -0.39 is 0 Å². The van der Waals surface area contributed by atoms with Gasteiger partial charge in [-0.15, -0.1) is 0 Å². The third-order valence-electron chi connectivity index (χ3n) is 2.65. The highest BCUT2D eigenvalue weighted by atomic mass is 32.1. The van der Waals surface area contributed by atoms with Gasteiger partial charge in [0.2, 0.25) is 0 Å². The van der Waals surface area contributed by atoms with Gasteiger partial charge in [-0.2, -0.15) is 0 Å². The molecule has 10 heavy (non-hydrogen) atoms. The van der Waals surface area contributed by atoms with Crippen molar-refractivity contribution in [3.63, 3.8) is 0 Å². The molecule has 58 valence electrons. The zero-order valence-corrected chi connectivity index (χ0v) is 6.98. The number of thiol groups is 1.